The minimum atomic E-state index is -0.597. The number of benzene rings is 2. The molecule has 0 radical (unpaired) electrons. The third-order valence-corrected chi connectivity index (χ3v) is 3.43. The summed E-state index contributed by atoms with van der Waals surface area (Å²) in [5.74, 6) is 0.0132. The van der Waals surface area contributed by atoms with Gasteiger partial charge in [-0.1, -0.05) is 24.8 Å². The molecule has 23 heavy (non-hydrogen) atoms. The van der Waals surface area contributed by atoms with Gasteiger partial charge in [0.2, 0.25) is 5.95 Å². The van der Waals surface area contributed by atoms with Gasteiger partial charge in [-0.15, -0.1) is 0 Å². The lowest BCUT2D eigenvalue weighted by molar-refractivity contribution is 0.186. The zero-order chi connectivity index (χ0) is 16.4. The zero-order valence-corrected chi connectivity index (χ0v) is 12.4. The molecule has 116 valence electrons. The minimum Gasteiger partial charge on any atom is -0.453 e. The molecule has 3 rings (SSSR count). The maximum atomic E-state index is 13.0. The molecule has 1 amide bonds. The number of carbonyl (C=O) groups is 1. The summed E-state index contributed by atoms with van der Waals surface area (Å²) in [6.07, 6.45) is -0.597. The van der Waals surface area contributed by atoms with Crippen molar-refractivity contribution < 1.29 is 13.9 Å². The molecule has 0 spiro atoms. The fourth-order valence-corrected chi connectivity index (χ4v) is 2.22. The number of hydrogen-bond donors (Lipinski definition) is 2. The van der Waals surface area contributed by atoms with Gasteiger partial charge in [0.05, 0.1) is 18.1 Å². The zero-order valence-electron chi connectivity index (χ0n) is 12.4. The molecule has 3 aromatic rings. The van der Waals surface area contributed by atoms with Crippen LogP contribution in [-0.2, 0) is 4.74 Å². The van der Waals surface area contributed by atoms with Gasteiger partial charge < -0.3 is 9.72 Å². The lowest BCUT2D eigenvalue weighted by Gasteiger charge is -2.06. The highest BCUT2D eigenvalue weighted by atomic mass is 19.1. The van der Waals surface area contributed by atoms with E-state index in [0.29, 0.717) is 11.5 Å². The van der Waals surface area contributed by atoms with Crippen molar-refractivity contribution in [2.75, 3.05) is 12.4 Å². The number of ether oxygens (including phenoxy) is 1. The van der Waals surface area contributed by atoms with Gasteiger partial charge in [-0.3, -0.25) is 5.32 Å². The van der Waals surface area contributed by atoms with E-state index in [1.165, 1.54) is 19.2 Å². The Balaban J connectivity index is 1.91. The standard InChI is InChI=1S/C17H14FN3O2/c1-10(11-3-6-13(18)7-4-11)12-5-8-14-15(9-12)20-16(19-14)21-17(22)23-2/h3-9H,1H2,2H3,(H2,19,20,21,22). The van der Waals surface area contributed by atoms with E-state index in [4.69, 9.17) is 0 Å². The summed E-state index contributed by atoms with van der Waals surface area (Å²) < 4.78 is 17.5. The molecule has 0 unspecified atom stereocenters. The first-order valence-corrected chi connectivity index (χ1v) is 6.87. The molecule has 0 aliphatic carbocycles. The van der Waals surface area contributed by atoms with E-state index in [1.54, 1.807) is 12.1 Å². The first-order chi connectivity index (χ1) is 11.1. The van der Waals surface area contributed by atoms with Gasteiger partial charge in [0.25, 0.3) is 0 Å². The monoisotopic (exact) mass is 311 g/mol. The molecule has 2 N–H and O–H groups in total. The van der Waals surface area contributed by atoms with E-state index in [9.17, 15) is 9.18 Å². The van der Waals surface area contributed by atoms with Gasteiger partial charge in [0.15, 0.2) is 0 Å². The number of aromatic amines is 1. The Kier molecular flexibility index (Phi) is 3.80. The third kappa shape index (κ3) is 3.06. The fourth-order valence-electron chi connectivity index (χ4n) is 2.22. The summed E-state index contributed by atoms with van der Waals surface area (Å²) >= 11 is 0. The second-order valence-corrected chi connectivity index (χ2v) is 4.92. The minimum absolute atomic E-state index is 0.289. The van der Waals surface area contributed by atoms with Gasteiger partial charge in [0, 0.05) is 0 Å². The first kappa shape index (κ1) is 14.8. The number of halogens is 1. The fraction of sp³-hybridized carbons (Fsp3) is 0.0588. The first-order valence-electron chi connectivity index (χ1n) is 6.87. The number of imidazole rings is 1. The average Bonchev–Trinajstić information content (AvgIpc) is 2.96. The summed E-state index contributed by atoms with van der Waals surface area (Å²) in [5.41, 5.74) is 3.90. The predicted molar refractivity (Wildman–Crippen MR) is 86.7 cm³/mol. The van der Waals surface area contributed by atoms with Crippen molar-refractivity contribution in [3.05, 3.63) is 66.0 Å². The van der Waals surface area contributed by atoms with E-state index in [-0.39, 0.29) is 5.82 Å². The van der Waals surface area contributed by atoms with E-state index in [0.717, 1.165) is 22.2 Å². The lowest BCUT2D eigenvalue weighted by Crippen LogP contribution is -2.11. The number of hydrogen-bond acceptors (Lipinski definition) is 3. The lowest BCUT2D eigenvalue weighted by atomic mass is 9.99. The second-order valence-electron chi connectivity index (χ2n) is 4.92. The van der Waals surface area contributed by atoms with Crippen LogP contribution in [0.2, 0.25) is 0 Å². The maximum Gasteiger partial charge on any atom is 0.413 e. The van der Waals surface area contributed by atoms with Crippen molar-refractivity contribution in [2.45, 2.75) is 0 Å². The van der Waals surface area contributed by atoms with Crippen LogP contribution in [0.15, 0.2) is 49.0 Å². The Hall–Kier alpha value is -3.15. The van der Waals surface area contributed by atoms with Crippen LogP contribution in [0.4, 0.5) is 15.1 Å². The molecule has 5 nitrogen and oxygen atoms in total. The van der Waals surface area contributed by atoms with Crippen LogP contribution in [0.5, 0.6) is 0 Å². The molecular formula is C17H14FN3O2. The summed E-state index contributed by atoms with van der Waals surface area (Å²) in [4.78, 5) is 18.5. The molecule has 0 saturated heterocycles. The number of H-pyrrole nitrogens is 1. The molecule has 0 atom stereocenters. The van der Waals surface area contributed by atoms with Crippen LogP contribution in [-0.4, -0.2) is 23.2 Å². The second kappa shape index (κ2) is 5.92. The molecule has 6 heteroatoms. The number of methoxy groups -OCH3 is 1. The Bertz CT molecular complexity index is 884. The van der Waals surface area contributed by atoms with E-state index in [2.05, 4.69) is 26.6 Å². The van der Waals surface area contributed by atoms with Crippen LogP contribution < -0.4 is 5.32 Å². The summed E-state index contributed by atoms with van der Waals surface area (Å²) in [5, 5.41) is 2.48. The molecule has 0 aliphatic heterocycles. The van der Waals surface area contributed by atoms with Gasteiger partial charge in [-0.25, -0.2) is 14.2 Å². The van der Waals surface area contributed by atoms with Crippen LogP contribution >= 0.6 is 0 Å². The molecule has 0 fully saturated rings. The van der Waals surface area contributed by atoms with Gasteiger partial charge >= 0.3 is 6.09 Å². The molecular weight excluding hydrogens is 297 g/mol. The smallest absolute Gasteiger partial charge is 0.413 e. The Morgan fingerprint density at radius 3 is 2.61 bits per heavy atom. The van der Waals surface area contributed by atoms with Crippen LogP contribution in [0, 0.1) is 5.82 Å². The topological polar surface area (TPSA) is 67.0 Å². The number of carbonyl (C=O) groups excluding carboxylic acids is 1. The van der Waals surface area contributed by atoms with Crippen molar-refractivity contribution in [2.24, 2.45) is 0 Å². The summed E-state index contributed by atoms with van der Waals surface area (Å²) in [6, 6.07) is 11.7. The van der Waals surface area contributed by atoms with Crippen molar-refractivity contribution in [3.8, 4) is 0 Å². The van der Waals surface area contributed by atoms with Crippen LogP contribution in [0.3, 0.4) is 0 Å². The van der Waals surface area contributed by atoms with Gasteiger partial charge in [-0.2, -0.15) is 0 Å². The van der Waals surface area contributed by atoms with Crippen LogP contribution in [0.25, 0.3) is 16.6 Å². The number of anilines is 1. The molecule has 0 aliphatic rings. The SMILES string of the molecule is C=C(c1ccc(F)cc1)c1ccc2[nH]c(NC(=O)OC)nc2c1. The average molecular weight is 311 g/mol. The highest BCUT2D eigenvalue weighted by Gasteiger charge is 2.09. The van der Waals surface area contributed by atoms with E-state index in [1.807, 2.05) is 18.2 Å². The Morgan fingerprint density at radius 1 is 1.22 bits per heavy atom. The Labute approximate surface area is 131 Å². The van der Waals surface area contributed by atoms with Crippen molar-refractivity contribution in [3.63, 3.8) is 0 Å². The number of rotatable bonds is 3. The maximum absolute atomic E-state index is 13.0. The molecule has 1 aromatic heterocycles. The normalized spacial score (nSPS) is 10.5. The van der Waals surface area contributed by atoms with Crippen molar-refractivity contribution >= 4 is 28.6 Å². The molecule has 0 bridgehead atoms. The number of nitrogens with zero attached hydrogens (tertiary/aromatic N) is 1. The quantitative estimate of drug-likeness (QED) is 0.770. The van der Waals surface area contributed by atoms with Crippen molar-refractivity contribution in [1.82, 2.24) is 9.97 Å². The third-order valence-electron chi connectivity index (χ3n) is 3.43. The van der Waals surface area contributed by atoms with Gasteiger partial charge in [-0.05, 0) is 41.0 Å². The van der Waals surface area contributed by atoms with Crippen molar-refractivity contribution in [1.29, 1.82) is 0 Å². The molecule has 0 saturated carbocycles. The highest BCUT2D eigenvalue weighted by molar-refractivity contribution is 5.89. The Morgan fingerprint density at radius 2 is 1.91 bits per heavy atom. The van der Waals surface area contributed by atoms with Gasteiger partial charge in [0.1, 0.15) is 5.82 Å². The summed E-state index contributed by atoms with van der Waals surface area (Å²) in [6.45, 7) is 4.05. The number of aromatic nitrogens is 2. The number of fused-ring (bicyclic) bond motifs is 1. The number of amides is 1. The van der Waals surface area contributed by atoms with E-state index < -0.39 is 6.09 Å². The molecule has 1 heterocycles. The number of nitrogens with one attached hydrogen (secondary N) is 2. The summed E-state index contributed by atoms with van der Waals surface area (Å²) in [7, 11) is 1.28. The van der Waals surface area contributed by atoms with Crippen LogP contribution in [0.1, 0.15) is 11.1 Å². The highest BCUT2D eigenvalue weighted by Crippen LogP contribution is 2.25. The predicted octanol–water partition coefficient (Wildman–Crippen LogP) is 3.94. The van der Waals surface area contributed by atoms with E-state index >= 15 is 0 Å². The molecule has 2 aromatic carbocycles. The largest absolute Gasteiger partial charge is 0.453 e.